The summed E-state index contributed by atoms with van der Waals surface area (Å²) in [6.07, 6.45) is 2.11. The molecule has 7 rings (SSSR count). The number of pyridine rings is 1. The van der Waals surface area contributed by atoms with E-state index in [2.05, 4.69) is 124 Å². The molecule has 0 amide bonds. The highest BCUT2D eigenvalue weighted by atomic mass is 32.2. The second-order valence-corrected chi connectivity index (χ2v) is 11.2. The largest absolute Gasteiger partial charge is 0.468 e. The zero-order valence-corrected chi connectivity index (χ0v) is 22.3. The van der Waals surface area contributed by atoms with Crippen molar-refractivity contribution in [2.24, 2.45) is 7.05 Å². The third-order valence-corrected chi connectivity index (χ3v) is 9.14. The monoisotopic (exact) mass is 496 g/mol. The summed E-state index contributed by atoms with van der Waals surface area (Å²) in [5.41, 5.74) is 10.9. The molecule has 178 valence electrons. The van der Waals surface area contributed by atoms with Gasteiger partial charge in [0.25, 0.3) is 6.71 Å². The summed E-state index contributed by atoms with van der Waals surface area (Å²) in [4.78, 5) is 2.55. The van der Waals surface area contributed by atoms with Crippen LogP contribution >= 0.6 is 11.8 Å². The molecule has 1 aliphatic heterocycles. The third kappa shape index (κ3) is 3.25. The smallest absolute Gasteiger partial charge is 0.290 e. The van der Waals surface area contributed by atoms with E-state index in [0.29, 0.717) is 0 Å². The standard InChI is InChI=1S/C33H27BNOS/c1-20-12-11-13-21(2)30(20)34-25-16-7-8-18-27(25)37-32-29-24-15-6-5-14-23(24)22(3)28(31(29)36-33(32)34)26-17-9-10-19-35(26)4/h5-19H,1-4H3/q+1. The van der Waals surface area contributed by atoms with Crippen molar-refractivity contribution in [1.29, 1.82) is 0 Å². The summed E-state index contributed by atoms with van der Waals surface area (Å²) in [7, 11) is 2.11. The maximum absolute atomic E-state index is 7.12. The summed E-state index contributed by atoms with van der Waals surface area (Å²) < 4.78 is 9.32. The van der Waals surface area contributed by atoms with E-state index in [1.54, 1.807) is 0 Å². The summed E-state index contributed by atoms with van der Waals surface area (Å²) in [5.74, 6) is 0. The molecular weight excluding hydrogens is 469 g/mol. The fraction of sp³-hybridized carbons (Fsp3) is 0.121. The molecule has 0 unspecified atom stereocenters. The second kappa shape index (κ2) is 8.39. The lowest BCUT2D eigenvalue weighted by Gasteiger charge is -2.24. The Labute approximate surface area is 222 Å². The van der Waals surface area contributed by atoms with Crippen molar-refractivity contribution in [1.82, 2.24) is 0 Å². The van der Waals surface area contributed by atoms with Gasteiger partial charge < -0.3 is 4.42 Å². The summed E-state index contributed by atoms with van der Waals surface area (Å²) >= 11 is 1.86. The van der Waals surface area contributed by atoms with E-state index >= 15 is 0 Å². The van der Waals surface area contributed by atoms with Gasteiger partial charge in [0.15, 0.2) is 6.20 Å². The Morgan fingerprint density at radius 2 is 1.46 bits per heavy atom. The molecule has 0 saturated heterocycles. The molecule has 0 bridgehead atoms. The number of hydrogen-bond acceptors (Lipinski definition) is 2. The fourth-order valence-electron chi connectivity index (χ4n) is 6.20. The number of hydrogen-bond donors (Lipinski definition) is 0. The van der Waals surface area contributed by atoms with Crippen LogP contribution in [0.4, 0.5) is 0 Å². The van der Waals surface area contributed by atoms with Gasteiger partial charge >= 0.3 is 0 Å². The van der Waals surface area contributed by atoms with Crippen molar-refractivity contribution in [2.75, 3.05) is 0 Å². The van der Waals surface area contributed by atoms with Crippen LogP contribution in [-0.4, -0.2) is 6.71 Å². The maximum Gasteiger partial charge on any atom is 0.290 e. The highest BCUT2D eigenvalue weighted by Gasteiger charge is 2.39. The lowest BCUT2D eigenvalue weighted by molar-refractivity contribution is -0.660. The SMILES string of the molecule is Cc1cccc(C)c1B1c2ccccc2Sc2c1oc1c(-c3cccc[n+]3C)c(C)c3ccccc3c21. The van der Waals surface area contributed by atoms with Gasteiger partial charge in [-0.25, -0.2) is 4.57 Å². The first-order valence-corrected chi connectivity index (χ1v) is 13.6. The number of rotatable bonds is 2. The predicted molar refractivity (Wildman–Crippen MR) is 156 cm³/mol. The Kier molecular flexibility index (Phi) is 5.09. The van der Waals surface area contributed by atoms with E-state index in [0.717, 1.165) is 16.9 Å². The molecule has 4 aromatic carbocycles. The molecule has 2 aromatic heterocycles. The highest BCUT2D eigenvalue weighted by Crippen LogP contribution is 2.45. The number of nitrogens with zero attached hydrogens (tertiary/aromatic N) is 1. The van der Waals surface area contributed by atoms with Crippen molar-refractivity contribution >= 4 is 56.8 Å². The normalized spacial score (nSPS) is 12.7. The lowest BCUT2D eigenvalue weighted by atomic mass is 9.37. The van der Waals surface area contributed by atoms with E-state index in [-0.39, 0.29) is 6.71 Å². The van der Waals surface area contributed by atoms with Crippen molar-refractivity contribution < 1.29 is 8.98 Å². The number of furan rings is 1. The van der Waals surface area contributed by atoms with Crippen LogP contribution in [0.5, 0.6) is 0 Å². The van der Waals surface area contributed by atoms with Crippen LogP contribution in [0.25, 0.3) is 33.0 Å². The van der Waals surface area contributed by atoms with Gasteiger partial charge in [0.1, 0.15) is 12.6 Å². The molecule has 0 N–H and O–H groups in total. The van der Waals surface area contributed by atoms with Gasteiger partial charge in [-0.2, -0.15) is 0 Å². The molecule has 0 aliphatic carbocycles. The molecule has 0 radical (unpaired) electrons. The van der Waals surface area contributed by atoms with Crippen molar-refractivity contribution in [2.45, 2.75) is 30.6 Å². The summed E-state index contributed by atoms with van der Waals surface area (Å²) in [6.45, 7) is 6.74. The zero-order chi connectivity index (χ0) is 25.3. The van der Waals surface area contributed by atoms with Gasteiger partial charge in [-0.1, -0.05) is 94.5 Å². The Bertz CT molecular complexity index is 1850. The molecule has 0 saturated carbocycles. The highest BCUT2D eigenvalue weighted by molar-refractivity contribution is 8.00. The van der Waals surface area contributed by atoms with Crippen molar-refractivity contribution in [3.05, 3.63) is 108 Å². The first-order valence-electron chi connectivity index (χ1n) is 12.8. The second-order valence-electron chi connectivity index (χ2n) is 10.1. The molecular formula is C33H27BNOS+. The Balaban J connectivity index is 1.66. The van der Waals surface area contributed by atoms with Crippen LogP contribution in [0.1, 0.15) is 16.7 Å². The van der Waals surface area contributed by atoms with Gasteiger partial charge in [0, 0.05) is 22.4 Å². The summed E-state index contributed by atoms with van der Waals surface area (Å²) in [6, 6.07) is 30.6. The predicted octanol–water partition coefficient (Wildman–Crippen LogP) is 5.98. The quantitative estimate of drug-likeness (QED) is 0.216. The number of fused-ring (bicyclic) bond motifs is 6. The molecule has 37 heavy (non-hydrogen) atoms. The van der Waals surface area contributed by atoms with Gasteiger partial charge in [-0.05, 0) is 49.2 Å². The third-order valence-electron chi connectivity index (χ3n) is 7.94. The maximum atomic E-state index is 7.12. The molecule has 6 aromatic rings. The molecule has 2 nitrogen and oxygen atoms in total. The minimum atomic E-state index is 0.0532. The van der Waals surface area contributed by atoms with Gasteiger partial charge in [-0.3, -0.25) is 0 Å². The molecule has 0 spiro atoms. The van der Waals surface area contributed by atoms with E-state index in [1.165, 1.54) is 59.1 Å². The van der Waals surface area contributed by atoms with E-state index in [1.807, 2.05) is 11.8 Å². The van der Waals surface area contributed by atoms with Crippen LogP contribution < -0.4 is 21.2 Å². The van der Waals surface area contributed by atoms with Gasteiger partial charge in [-0.15, -0.1) is 0 Å². The minimum absolute atomic E-state index is 0.0532. The van der Waals surface area contributed by atoms with Gasteiger partial charge in [0.05, 0.1) is 16.1 Å². The zero-order valence-electron chi connectivity index (χ0n) is 21.5. The van der Waals surface area contributed by atoms with Crippen LogP contribution in [-0.2, 0) is 7.05 Å². The van der Waals surface area contributed by atoms with E-state index in [4.69, 9.17) is 4.42 Å². The van der Waals surface area contributed by atoms with Crippen LogP contribution in [0, 0.1) is 20.8 Å². The van der Waals surface area contributed by atoms with Crippen molar-refractivity contribution in [3.8, 4) is 11.3 Å². The number of aryl methyl sites for hydroxylation is 4. The first-order chi connectivity index (χ1) is 18.0. The molecule has 4 heteroatoms. The Morgan fingerprint density at radius 3 is 2.24 bits per heavy atom. The molecule has 0 atom stereocenters. The van der Waals surface area contributed by atoms with E-state index in [9.17, 15) is 0 Å². The Morgan fingerprint density at radius 1 is 0.757 bits per heavy atom. The number of aromatic nitrogens is 1. The van der Waals surface area contributed by atoms with Crippen LogP contribution in [0.2, 0.25) is 0 Å². The molecule has 1 aliphatic rings. The average Bonchev–Trinajstić information content (AvgIpc) is 3.28. The van der Waals surface area contributed by atoms with Crippen LogP contribution in [0.3, 0.4) is 0 Å². The number of benzene rings is 4. The topological polar surface area (TPSA) is 17.0 Å². The van der Waals surface area contributed by atoms with Crippen LogP contribution in [0.15, 0.2) is 105 Å². The Hall–Kier alpha value is -3.76. The summed E-state index contributed by atoms with van der Waals surface area (Å²) in [5, 5.41) is 3.76. The van der Waals surface area contributed by atoms with Gasteiger partial charge in [0.2, 0.25) is 5.69 Å². The first kappa shape index (κ1) is 22.4. The molecule has 0 fully saturated rings. The van der Waals surface area contributed by atoms with E-state index < -0.39 is 0 Å². The average molecular weight is 496 g/mol. The van der Waals surface area contributed by atoms with Crippen molar-refractivity contribution in [3.63, 3.8) is 0 Å². The minimum Gasteiger partial charge on any atom is -0.468 e. The fourth-order valence-corrected chi connectivity index (χ4v) is 7.44. The molecule has 3 heterocycles. The lowest BCUT2D eigenvalue weighted by Crippen LogP contribution is -2.56.